The number of carbonyl (C=O) groups is 1. The van der Waals surface area contributed by atoms with Crippen molar-refractivity contribution in [2.45, 2.75) is 13.8 Å². The second-order valence-electron chi connectivity index (χ2n) is 3.15. The Balaban J connectivity index is 2.88. The maximum Gasteiger partial charge on any atom is 0.354 e. The molecule has 2 heterocycles. The molecule has 0 aromatic carbocycles. The molecule has 0 spiro atoms. The molecule has 2 rings (SSSR count). The van der Waals surface area contributed by atoms with Gasteiger partial charge in [-0.3, -0.25) is 0 Å². The van der Waals surface area contributed by atoms with Crippen LogP contribution in [0.5, 0.6) is 0 Å². The Bertz CT molecular complexity index is 516. The molecular weight excluding hydrogens is 182 g/mol. The zero-order valence-corrected chi connectivity index (χ0v) is 7.85. The van der Waals surface area contributed by atoms with E-state index < -0.39 is 5.97 Å². The van der Waals surface area contributed by atoms with E-state index in [1.165, 1.54) is 10.6 Å². The lowest BCUT2D eigenvalue weighted by Crippen LogP contribution is -2.08. The number of carboxylic acid groups (broad SMARTS) is 1. The summed E-state index contributed by atoms with van der Waals surface area (Å²) in [6, 6.07) is 1.50. The Kier molecular flexibility index (Phi) is 1.73. The molecule has 14 heavy (non-hydrogen) atoms. The molecule has 0 bridgehead atoms. The Morgan fingerprint density at radius 1 is 1.50 bits per heavy atom. The smallest absolute Gasteiger partial charge is 0.354 e. The maximum absolute atomic E-state index is 10.9. The van der Waals surface area contributed by atoms with E-state index in [9.17, 15) is 4.79 Å². The Morgan fingerprint density at radius 2 is 2.21 bits per heavy atom. The fourth-order valence-corrected chi connectivity index (χ4v) is 1.35. The van der Waals surface area contributed by atoms with Crippen LogP contribution < -0.4 is 0 Å². The van der Waals surface area contributed by atoms with Crippen LogP contribution in [0.15, 0.2) is 12.3 Å². The molecule has 0 amide bonds. The van der Waals surface area contributed by atoms with Crippen LogP contribution in [0.2, 0.25) is 0 Å². The summed E-state index contributed by atoms with van der Waals surface area (Å²) in [5, 5.41) is 12.9. The van der Waals surface area contributed by atoms with E-state index in [-0.39, 0.29) is 5.69 Å². The number of aryl methyl sites for hydroxylation is 2. The van der Waals surface area contributed by atoms with Gasteiger partial charge in [0.2, 0.25) is 0 Å². The molecule has 0 saturated carbocycles. The molecule has 0 radical (unpaired) electrons. The lowest BCUT2D eigenvalue weighted by Gasteiger charge is -2.01. The first-order valence-electron chi connectivity index (χ1n) is 4.15. The number of hydrogen-bond donors (Lipinski definition) is 1. The van der Waals surface area contributed by atoms with Crippen molar-refractivity contribution in [3.8, 4) is 0 Å². The summed E-state index contributed by atoms with van der Waals surface area (Å²) in [5.74, 6) is -0.997. The highest BCUT2D eigenvalue weighted by molar-refractivity contribution is 5.86. The van der Waals surface area contributed by atoms with Gasteiger partial charge in [0.15, 0.2) is 11.3 Å². The third kappa shape index (κ3) is 1.14. The third-order valence-corrected chi connectivity index (χ3v) is 2.00. The molecule has 1 N–H and O–H groups in total. The predicted octanol–water partition coefficient (Wildman–Crippen LogP) is 1.04. The number of rotatable bonds is 1. The number of aromatic nitrogens is 3. The van der Waals surface area contributed by atoms with Gasteiger partial charge in [0.05, 0.1) is 6.20 Å². The van der Waals surface area contributed by atoms with Crippen molar-refractivity contribution >= 4 is 11.6 Å². The van der Waals surface area contributed by atoms with Crippen LogP contribution in [0, 0.1) is 13.8 Å². The summed E-state index contributed by atoms with van der Waals surface area (Å²) >= 11 is 0. The Labute approximate surface area is 80.0 Å². The van der Waals surface area contributed by atoms with Crippen LogP contribution in [0.25, 0.3) is 5.65 Å². The quantitative estimate of drug-likeness (QED) is 0.731. The number of aromatic carboxylic acids is 1. The van der Waals surface area contributed by atoms with E-state index >= 15 is 0 Å². The lowest BCUT2D eigenvalue weighted by atomic mass is 10.3. The second kappa shape index (κ2) is 2.80. The summed E-state index contributed by atoms with van der Waals surface area (Å²) in [6.07, 6.45) is 1.61. The minimum Gasteiger partial charge on any atom is -0.477 e. The molecule has 0 saturated heterocycles. The van der Waals surface area contributed by atoms with Crippen molar-refractivity contribution in [2.24, 2.45) is 0 Å². The Morgan fingerprint density at radius 3 is 2.86 bits per heavy atom. The average molecular weight is 191 g/mol. The first-order valence-corrected chi connectivity index (χ1v) is 4.15. The standard InChI is InChI=1S/C9H9N3O2/c1-5-4-10-12-7(9(13)14)3-6(2)11-8(5)12/h3-4H,1-2H3,(H,13,14). The summed E-state index contributed by atoms with van der Waals surface area (Å²) in [4.78, 5) is 15.1. The van der Waals surface area contributed by atoms with Gasteiger partial charge in [-0.1, -0.05) is 0 Å². The molecule has 0 fully saturated rings. The van der Waals surface area contributed by atoms with Gasteiger partial charge in [-0.05, 0) is 19.9 Å². The lowest BCUT2D eigenvalue weighted by molar-refractivity contribution is 0.0687. The van der Waals surface area contributed by atoms with E-state index in [2.05, 4.69) is 10.1 Å². The average Bonchev–Trinajstić information content (AvgIpc) is 2.47. The molecule has 2 aromatic heterocycles. The molecule has 0 unspecified atom stereocenters. The monoisotopic (exact) mass is 191 g/mol. The number of nitrogens with zero attached hydrogens (tertiary/aromatic N) is 3. The summed E-state index contributed by atoms with van der Waals surface area (Å²) in [7, 11) is 0. The molecule has 0 aliphatic carbocycles. The molecule has 0 aliphatic rings. The van der Waals surface area contributed by atoms with Crippen LogP contribution in [0.1, 0.15) is 21.7 Å². The zero-order chi connectivity index (χ0) is 10.3. The highest BCUT2D eigenvalue weighted by atomic mass is 16.4. The largest absolute Gasteiger partial charge is 0.477 e. The normalized spacial score (nSPS) is 10.7. The van der Waals surface area contributed by atoms with E-state index in [1.54, 1.807) is 13.1 Å². The van der Waals surface area contributed by atoms with Crippen molar-refractivity contribution in [2.75, 3.05) is 0 Å². The fraction of sp³-hybridized carbons (Fsp3) is 0.222. The number of hydrogen-bond acceptors (Lipinski definition) is 3. The molecule has 72 valence electrons. The zero-order valence-electron chi connectivity index (χ0n) is 7.85. The molecular formula is C9H9N3O2. The van der Waals surface area contributed by atoms with Crippen LogP contribution in [-0.4, -0.2) is 25.7 Å². The molecule has 0 atom stereocenters. The highest BCUT2D eigenvalue weighted by Gasteiger charge is 2.12. The first kappa shape index (κ1) is 8.68. The minimum absolute atomic E-state index is 0.139. The van der Waals surface area contributed by atoms with Crippen molar-refractivity contribution in [3.05, 3.63) is 29.2 Å². The van der Waals surface area contributed by atoms with Crippen molar-refractivity contribution in [3.63, 3.8) is 0 Å². The van der Waals surface area contributed by atoms with Crippen LogP contribution >= 0.6 is 0 Å². The molecule has 0 aliphatic heterocycles. The number of fused-ring (bicyclic) bond motifs is 1. The summed E-state index contributed by atoms with van der Waals surface area (Å²) in [5.41, 5.74) is 2.29. The van der Waals surface area contributed by atoms with Gasteiger partial charge in [-0.2, -0.15) is 5.10 Å². The molecule has 5 nitrogen and oxygen atoms in total. The molecule has 2 aromatic rings. The van der Waals surface area contributed by atoms with Crippen molar-refractivity contribution in [1.82, 2.24) is 14.6 Å². The highest BCUT2D eigenvalue weighted by Crippen LogP contribution is 2.10. The van der Waals surface area contributed by atoms with Gasteiger partial charge in [0.25, 0.3) is 0 Å². The van der Waals surface area contributed by atoms with Gasteiger partial charge in [0.1, 0.15) is 0 Å². The summed E-state index contributed by atoms with van der Waals surface area (Å²) in [6.45, 7) is 3.61. The van der Waals surface area contributed by atoms with E-state index in [0.29, 0.717) is 11.3 Å². The van der Waals surface area contributed by atoms with Crippen LogP contribution in [-0.2, 0) is 0 Å². The second-order valence-corrected chi connectivity index (χ2v) is 3.15. The topological polar surface area (TPSA) is 67.5 Å². The summed E-state index contributed by atoms with van der Waals surface area (Å²) < 4.78 is 1.34. The van der Waals surface area contributed by atoms with Crippen molar-refractivity contribution in [1.29, 1.82) is 0 Å². The van der Waals surface area contributed by atoms with Crippen LogP contribution in [0.4, 0.5) is 0 Å². The van der Waals surface area contributed by atoms with Gasteiger partial charge < -0.3 is 5.11 Å². The van der Waals surface area contributed by atoms with E-state index in [1.807, 2.05) is 6.92 Å². The SMILES string of the molecule is Cc1cc(C(=O)O)n2ncc(C)c2n1. The third-order valence-electron chi connectivity index (χ3n) is 2.00. The van der Waals surface area contributed by atoms with Gasteiger partial charge >= 0.3 is 5.97 Å². The minimum atomic E-state index is -0.997. The maximum atomic E-state index is 10.9. The van der Waals surface area contributed by atoms with E-state index in [4.69, 9.17) is 5.11 Å². The van der Waals surface area contributed by atoms with Crippen molar-refractivity contribution < 1.29 is 9.90 Å². The Hall–Kier alpha value is -1.91. The van der Waals surface area contributed by atoms with Gasteiger partial charge in [0, 0.05) is 11.3 Å². The predicted molar refractivity (Wildman–Crippen MR) is 49.4 cm³/mol. The van der Waals surface area contributed by atoms with Gasteiger partial charge in [-0.15, -0.1) is 0 Å². The van der Waals surface area contributed by atoms with Gasteiger partial charge in [-0.25, -0.2) is 14.3 Å². The van der Waals surface area contributed by atoms with Crippen LogP contribution in [0.3, 0.4) is 0 Å². The number of carboxylic acids is 1. The van der Waals surface area contributed by atoms with E-state index in [0.717, 1.165) is 5.56 Å². The molecule has 5 heteroatoms. The first-order chi connectivity index (χ1) is 6.59. The fourth-order valence-electron chi connectivity index (χ4n) is 1.35.